The number of fused-ring (bicyclic) bond motifs is 1. The van der Waals surface area contributed by atoms with Crippen LogP contribution < -0.4 is 10.5 Å². The van der Waals surface area contributed by atoms with Crippen LogP contribution in [0.5, 0.6) is 5.75 Å². The Morgan fingerprint density at radius 3 is 3.18 bits per heavy atom. The monoisotopic (exact) mass is 239 g/mol. The maximum atomic E-state index is 13.0. The van der Waals surface area contributed by atoms with E-state index in [0.717, 1.165) is 5.56 Å². The Labute approximate surface area is 98.5 Å². The summed E-state index contributed by atoms with van der Waals surface area (Å²) in [4.78, 5) is 11.2. The first-order valence-electron chi connectivity index (χ1n) is 5.38. The van der Waals surface area contributed by atoms with E-state index < -0.39 is 12.0 Å². The lowest BCUT2D eigenvalue weighted by molar-refractivity contribution is -0.142. The van der Waals surface area contributed by atoms with Crippen LogP contribution in [0, 0.1) is 5.82 Å². The topological polar surface area (TPSA) is 61.5 Å². The molecule has 0 aromatic heterocycles. The van der Waals surface area contributed by atoms with E-state index >= 15 is 0 Å². The van der Waals surface area contributed by atoms with Gasteiger partial charge in [-0.2, -0.15) is 0 Å². The number of hydrogen-bond acceptors (Lipinski definition) is 4. The van der Waals surface area contributed by atoms with E-state index in [0.29, 0.717) is 18.6 Å². The molecule has 0 fully saturated rings. The average molecular weight is 239 g/mol. The number of benzene rings is 1. The average Bonchev–Trinajstić information content (AvgIpc) is 2.69. The van der Waals surface area contributed by atoms with Crippen molar-refractivity contribution in [3.63, 3.8) is 0 Å². The number of esters is 1. The van der Waals surface area contributed by atoms with Gasteiger partial charge in [0.15, 0.2) is 0 Å². The Morgan fingerprint density at radius 1 is 1.71 bits per heavy atom. The predicted molar refractivity (Wildman–Crippen MR) is 59.1 cm³/mol. The summed E-state index contributed by atoms with van der Waals surface area (Å²) in [6, 6.07) is 3.68. The molecule has 0 radical (unpaired) electrons. The summed E-state index contributed by atoms with van der Waals surface area (Å²) in [5.41, 5.74) is 6.46. The molecule has 2 N–H and O–H groups in total. The number of carbonyl (C=O) groups is 1. The lowest BCUT2D eigenvalue weighted by atomic mass is 10.0. The Kier molecular flexibility index (Phi) is 3.28. The molecule has 1 aromatic carbocycles. The molecule has 5 heteroatoms. The normalized spacial score (nSPS) is 19.4. The van der Waals surface area contributed by atoms with E-state index in [1.54, 1.807) is 6.07 Å². The summed E-state index contributed by atoms with van der Waals surface area (Å²) in [7, 11) is 1.29. The predicted octanol–water partition coefficient (Wildman–Crippen LogP) is 1.02. The molecule has 0 saturated heterocycles. The lowest BCUT2D eigenvalue weighted by Gasteiger charge is -2.14. The van der Waals surface area contributed by atoms with Gasteiger partial charge >= 0.3 is 5.97 Å². The van der Waals surface area contributed by atoms with Crippen molar-refractivity contribution >= 4 is 5.97 Å². The number of rotatable bonds is 3. The van der Waals surface area contributed by atoms with Crippen LogP contribution in [0.4, 0.5) is 4.39 Å². The van der Waals surface area contributed by atoms with Gasteiger partial charge in [-0.3, -0.25) is 4.79 Å². The van der Waals surface area contributed by atoms with Gasteiger partial charge < -0.3 is 15.2 Å². The maximum Gasteiger partial charge on any atom is 0.322 e. The van der Waals surface area contributed by atoms with Crippen LogP contribution >= 0.6 is 0 Å². The summed E-state index contributed by atoms with van der Waals surface area (Å²) in [5.74, 6) is -0.0885. The minimum atomic E-state index is -0.704. The number of carbonyl (C=O) groups excluding carboxylic acids is 1. The highest BCUT2D eigenvalue weighted by atomic mass is 19.1. The van der Waals surface area contributed by atoms with Gasteiger partial charge in [-0.1, -0.05) is 0 Å². The molecule has 0 bridgehead atoms. The summed E-state index contributed by atoms with van der Waals surface area (Å²) >= 11 is 0. The van der Waals surface area contributed by atoms with Gasteiger partial charge in [-0.25, -0.2) is 4.39 Å². The summed E-state index contributed by atoms with van der Waals surface area (Å²) in [6.07, 6.45) is 0.738. The van der Waals surface area contributed by atoms with Crippen molar-refractivity contribution in [2.75, 3.05) is 7.11 Å². The Morgan fingerprint density at radius 2 is 2.47 bits per heavy atom. The third-order valence-electron chi connectivity index (χ3n) is 2.78. The zero-order valence-corrected chi connectivity index (χ0v) is 9.48. The second-order valence-corrected chi connectivity index (χ2v) is 4.06. The number of halogens is 1. The fraction of sp³-hybridized carbons (Fsp3) is 0.417. The molecule has 2 unspecified atom stereocenters. The quantitative estimate of drug-likeness (QED) is 0.800. The molecule has 0 amide bonds. The highest BCUT2D eigenvalue weighted by Crippen LogP contribution is 2.30. The van der Waals surface area contributed by atoms with E-state index in [-0.39, 0.29) is 11.9 Å². The molecule has 1 aliphatic rings. The zero-order chi connectivity index (χ0) is 12.4. The van der Waals surface area contributed by atoms with Crippen LogP contribution in [0.15, 0.2) is 18.2 Å². The third-order valence-corrected chi connectivity index (χ3v) is 2.78. The molecule has 0 saturated carbocycles. The van der Waals surface area contributed by atoms with E-state index in [9.17, 15) is 9.18 Å². The van der Waals surface area contributed by atoms with Crippen molar-refractivity contribution in [1.82, 2.24) is 0 Å². The molecule has 1 aromatic rings. The zero-order valence-electron chi connectivity index (χ0n) is 9.48. The highest BCUT2D eigenvalue weighted by Gasteiger charge is 2.27. The molecule has 2 rings (SSSR count). The number of nitrogens with two attached hydrogens (primary N) is 1. The molecular weight excluding hydrogens is 225 g/mol. The SMILES string of the molecule is COC(=O)C(N)CC1Cc2cc(F)ccc2O1. The molecule has 1 aliphatic heterocycles. The van der Waals surface area contributed by atoms with Gasteiger partial charge in [-0.15, -0.1) is 0 Å². The third kappa shape index (κ3) is 2.55. The number of ether oxygens (including phenoxy) is 2. The Balaban J connectivity index is 1.98. The Bertz CT molecular complexity index is 436. The number of methoxy groups -OCH3 is 1. The maximum absolute atomic E-state index is 13.0. The Hall–Kier alpha value is -1.62. The molecule has 1 heterocycles. The summed E-state index contributed by atoms with van der Waals surface area (Å²) in [5, 5.41) is 0. The van der Waals surface area contributed by atoms with Gasteiger partial charge in [0, 0.05) is 18.4 Å². The van der Waals surface area contributed by atoms with Crippen LogP contribution in [0.3, 0.4) is 0 Å². The molecule has 17 heavy (non-hydrogen) atoms. The molecular formula is C12H14FNO3. The largest absolute Gasteiger partial charge is 0.490 e. The second kappa shape index (κ2) is 4.71. The second-order valence-electron chi connectivity index (χ2n) is 4.06. The van der Waals surface area contributed by atoms with E-state index in [1.165, 1.54) is 19.2 Å². The van der Waals surface area contributed by atoms with Crippen molar-refractivity contribution in [2.45, 2.75) is 25.0 Å². The first kappa shape index (κ1) is 11.9. The number of hydrogen-bond donors (Lipinski definition) is 1. The smallest absolute Gasteiger partial charge is 0.322 e. The highest BCUT2D eigenvalue weighted by molar-refractivity contribution is 5.75. The lowest BCUT2D eigenvalue weighted by Crippen LogP contribution is -2.36. The van der Waals surface area contributed by atoms with Gasteiger partial charge in [0.2, 0.25) is 0 Å². The molecule has 0 spiro atoms. The van der Waals surface area contributed by atoms with Crippen molar-refractivity contribution < 1.29 is 18.7 Å². The standard InChI is InChI=1S/C12H14FNO3/c1-16-12(15)10(14)6-9-5-7-4-8(13)2-3-11(7)17-9/h2-4,9-10H,5-6,14H2,1H3. The summed E-state index contributed by atoms with van der Waals surface area (Å²) < 4.78 is 23.1. The first-order valence-corrected chi connectivity index (χ1v) is 5.38. The van der Waals surface area contributed by atoms with Gasteiger partial charge in [0.1, 0.15) is 23.7 Å². The fourth-order valence-electron chi connectivity index (χ4n) is 1.95. The van der Waals surface area contributed by atoms with Crippen LogP contribution in [0.25, 0.3) is 0 Å². The van der Waals surface area contributed by atoms with Crippen LogP contribution in [-0.2, 0) is 16.0 Å². The van der Waals surface area contributed by atoms with Gasteiger partial charge in [0.05, 0.1) is 7.11 Å². The molecule has 0 aliphatic carbocycles. The van der Waals surface area contributed by atoms with E-state index in [1.807, 2.05) is 0 Å². The van der Waals surface area contributed by atoms with Gasteiger partial charge in [-0.05, 0) is 18.2 Å². The molecule has 92 valence electrons. The van der Waals surface area contributed by atoms with Crippen LogP contribution in [-0.4, -0.2) is 25.2 Å². The van der Waals surface area contributed by atoms with Gasteiger partial charge in [0.25, 0.3) is 0 Å². The van der Waals surface area contributed by atoms with E-state index in [4.69, 9.17) is 10.5 Å². The first-order chi connectivity index (χ1) is 8.10. The summed E-state index contributed by atoms with van der Waals surface area (Å²) in [6.45, 7) is 0. The van der Waals surface area contributed by atoms with Crippen LogP contribution in [0.1, 0.15) is 12.0 Å². The van der Waals surface area contributed by atoms with Crippen LogP contribution in [0.2, 0.25) is 0 Å². The van der Waals surface area contributed by atoms with E-state index in [2.05, 4.69) is 4.74 Å². The van der Waals surface area contributed by atoms with Crippen molar-refractivity contribution in [1.29, 1.82) is 0 Å². The van der Waals surface area contributed by atoms with Crippen molar-refractivity contribution in [2.24, 2.45) is 5.73 Å². The fourth-order valence-corrected chi connectivity index (χ4v) is 1.95. The minimum Gasteiger partial charge on any atom is -0.490 e. The van der Waals surface area contributed by atoms with Crippen molar-refractivity contribution in [3.8, 4) is 5.75 Å². The molecule has 4 nitrogen and oxygen atoms in total. The minimum absolute atomic E-state index is 0.194. The van der Waals surface area contributed by atoms with Crippen molar-refractivity contribution in [3.05, 3.63) is 29.6 Å². The molecule has 2 atom stereocenters.